The Morgan fingerprint density at radius 2 is 1.73 bits per heavy atom. The zero-order valence-electron chi connectivity index (χ0n) is 8.41. The van der Waals surface area contributed by atoms with Crippen molar-refractivity contribution < 1.29 is 96.8 Å². The molecule has 2 unspecified atom stereocenters. The first-order valence-electron chi connectivity index (χ1n) is 2.92. The summed E-state index contributed by atoms with van der Waals surface area (Å²) in [6.07, 6.45) is 0. The molecule has 8 nitrogen and oxygen atoms in total. The molecule has 0 fully saturated rings. The van der Waals surface area contributed by atoms with Crippen LogP contribution < -0.4 is 68.9 Å². The van der Waals surface area contributed by atoms with Gasteiger partial charge >= 0.3 is 72.6 Å². The average molecular weight is 278 g/mol. The largest absolute Gasteiger partial charge is 1.00 e. The Balaban J connectivity index is -0.000000720. The van der Waals surface area contributed by atoms with E-state index in [0.29, 0.717) is 0 Å². The van der Waals surface area contributed by atoms with Crippen molar-refractivity contribution >= 4 is 21.1 Å². The van der Waals surface area contributed by atoms with Gasteiger partial charge in [0.1, 0.15) is 0 Å². The third-order valence-electron chi connectivity index (χ3n) is 0.716. The van der Waals surface area contributed by atoms with Crippen LogP contribution in [0, 0.1) is 0 Å². The summed E-state index contributed by atoms with van der Waals surface area (Å²) in [5.74, 6) is 0. The maximum absolute atomic E-state index is 10.6. The summed E-state index contributed by atoms with van der Waals surface area (Å²) in [5.41, 5.74) is -2.14. The maximum Gasteiger partial charge on any atom is 1.00 e. The molecular weight excluding hydrogens is 272 g/mol. The Hall–Kier alpha value is 1.77. The van der Waals surface area contributed by atoms with E-state index in [-0.39, 0.29) is 65.7 Å². The van der Waals surface area contributed by atoms with Crippen LogP contribution in [0.5, 0.6) is 0 Å². The van der Waals surface area contributed by atoms with Crippen LogP contribution in [0.3, 0.4) is 0 Å². The maximum atomic E-state index is 10.6. The predicted molar refractivity (Wildman–Crippen MR) is 35.5 cm³/mol. The summed E-state index contributed by atoms with van der Waals surface area (Å²) in [5, 5.41) is 0. The first-order chi connectivity index (χ1) is 5.69. The molecule has 0 heterocycles. The molecule has 15 heavy (non-hydrogen) atoms. The van der Waals surface area contributed by atoms with Gasteiger partial charge in [-0.25, -0.2) is 4.79 Å². The molecule has 78 valence electrons. The Labute approximate surface area is 130 Å². The third kappa shape index (κ3) is 10.6. The van der Waals surface area contributed by atoms with Gasteiger partial charge in [0.05, 0.1) is 6.61 Å². The molecule has 0 aromatic heterocycles. The molecule has 0 aliphatic carbocycles. The van der Waals surface area contributed by atoms with E-state index in [1.54, 1.807) is 0 Å². The monoisotopic (exact) mass is 278 g/mol. The topological polar surface area (TPSA) is 136 Å². The van der Waals surface area contributed by atoms with Gasteiger partial charge in [0.25, 0.3) is 0 Å². The molecule has 0 amide bonds. The standard InChI is InChI=1S/C3H8O8P2.2Na/c1-2-10-12(5,6)3(4)11-13(7,8)9;;/h2H2,1H3,(H,5,6)(H2,7,8,9);;/q;2*+1/p-2. The number of hydrogen-bond acceptors (Lipinski definition) is 7. The number of phosphoric acid groups is 1. The average Bonchev–Trinajstić information content (AvgIpc) is 1.82. The molecule has 0 aromatic carbocycles. The normalized spacial score (nSPS) is 17.3. The minimum Gasteiger partial charge on any atom is -0.770 e. The van der Waals surface area contributed by atoms with Crippen molar-refractivity contribution in [3.63, 3.8) is 0 Å². The van der Waals surface area contributed by atoms with Crippen molar-refractivity contribution in [3.05, 3.63) is 0 Å². The Bertz CT molecular complexity index is 286. The van der Waals surface area contributed by atoms with Gasteiger partial charge in [-0.05, 0) is 6.92 Å². The second-order valence-electron chi connectivity index (χ2n) is 1.74. The molecule has 0 aliphatic heterocycles. The van der Waals surface area contributed by atoms with Gasteiger partial charge in [-0.15, -0.1) is 0 Å². The van der Waals surface area contributed by atoms with Gasteiger partial charge in [-0.3, -0.25) is 9.13 Å². The predicted octanol–water partition coefficient (Wildman–Crippen LogP) is -6.82. The van der Waals surface area contributed by atoms with Gasteiger partial charge in [0.2, 0.25) is 7.60 Å². The summed E-state index contributed by atoms with van der Waals surface area (Å²) in [6, 6.07) is 0. The van der Waals surface area contributed by atoms with E-state index in [9.17, 15) is 23.7 Å². The first kappa shape index (κ1) is 22.0. The molecule has 0 aliphatic rings. The molecule has 0 rings (SSSR count). The summed E-state index contributed by atoms with van der Waals surface area (Å²) >= 11 is 0. The molecule has 1 N–H and O–H groups in total. The van der Waals surface area contributed by atoms with E-state index in [1.807, 2.05) is 0 Å². The van der Waals surface area contributed by atoms with Gasteiger partial charge in [-0.1, -0.05) is 0 Å². The molecule has 12 heteroatoms. The van der Waals surface area contributed by atoms with E-state index in [2.05, 4.69) is 9.05 Å². The van der Waals surface area contributed by atoms with Crippen LogP contribution in [-0.4, -0.2) is 17.2 Å². The fourth-order valence-corrected chi connectivity index (χ4v) is 1.72. The molecule has 0 saturated carbocycles. The SMILES string of the molecule is CCOP(=O)([O-])C(=O)OP(=O)([O-])O.[Na+].[Na+]. The molecule has 0 saturated heterocycles. The van der Waals surface area contributed by atoms with Crippen LogP contribution >= 0.6 is 15.4 Å². The van der Waals surface area contributed by atoms with Gasteiger partial charge < -0.3 is 23.7 Å². The van der Waals surface area contributed by atoms with E-state index in [1.165, 1.54) is 6.92 Å². The van der Waals surface area contributed by atoms with Crippen LogP contribution in [0.2, 0.25) is 0 Å². The minimum atomic E-state index is -5.39. The fraction of sp³-hybridized carbons (Fsp3) is 0.667. The second-order valence-corrected chi connectivity index (χ2v) is 4.48. The van der Waals surface area contributed by atoms with Gasteiger partial charge in [0, 0.05) is 0 Å². The molecule has 0 bridgehead atoms. The van der Waals surface area contributed by atoms with E-state index in [0.717, 1.165) is 0 Å². The van der Waals surface area contributed by atoms with Crippen molar-refractivity contribution in [2.24, 2.45) is 0 Å². The van der Waals surface area contributed by atoms with E-state index in [4.69, 9.17) is 4.89 Å². The van der Waals surface area contributed by atoms with E-state index >= 15 is 0 Å². The zero-order valence-corrected chi connectivity index (χ0v) is 14.2. The van der Waals surface area contributed by atoms with Crippen molar-refractivity contribution in [2.45, 2.75) is 6.92 Å². The molecular formula is C3H6Na2O8P2. The zero-order chi connectivity index (χ0) is 10.7. The van der Waals surface area contributed by atoms with Crippen molar-refractivity contribution in [1.82, 2.24) is 0 Å². The Kier molecular flexibility index (Phi) is 12.9. The fourth-order valence-electron chi connectivity index (χ4n) is 0.371. The molecule has 2 atom stereocenters. The number of rotatable bonds is 4. The number of carbonyl (C=O) groups excluding carboxylic acids is 1. The Morgan fingerprint density at radius 3 is 2.00 bits per heavy atom. The number of hydrogen-bond donors (Lipinski definition) is 1. The van der Waals surface area contributed by atoms with Crippen molar-refractivity contribution in [2.75, 3.05) is 6.61 Å². The van der Waals surface area contributed by atoms with Crippen LogP contribution in [0.4, 0.5) is 4.79 Å². The summed E-state index contributed by atoms with van der Waals surface area (Å²) in [4.78, 5) is 38.9. The Morgan fingerprint density at radius 1 is 1.33 bits per heavy atom. The van der Waals surface area contributed by atoms with Crippen LogP contribution in [0.25, 0.3) is 0 Å². The van der Waals surface area contributed by atoms with Crippen LogP contribution in [0.15, 0.2) is 0 Å². The smallest absolute Gasteiger partial charge is 0.770 e. The summed E-state index contributed by atoms with van der Waals surface area (Å²) in [7, 11) is -10.4. The first-order valence-corrected chi connectivity index (χ1v) is 5.96. The van der Waals surface area contributed by atoms with Crippen LogP contribution in [0.1, 0.15) is 6.92 Å². The second kappa shape index (κ2) is 8.80. The quantitative estimate of drug-likeness (QED) is 0.395. The number of phosphoric ester groups is 1. The summed E-state index contributed by atoms with van der Waals surface area (Å²) in [6.45, 7) is 0.929. The minimum absolute atomic E-state index is 0. The number of carbonyl (C=O) groups is 1. The summed E-state index contributed by atoms with van der Waals surface area (Å²) < 4.78 is 27.5. The molecule has 0 aromatic rings. The molecule has 0 radical (unpaired) electrons. The van der Waals surface area contributed by atoms with Gasteiger partial charge in [0.15, 0.2) is 0 Å². The van der Waals surface area contributed by atoms with Crippen molar-refractivity contribution in [3.8, 4) is 0 Å². The van der Waals surface area contributed by atoms with Gasteiger partial charge in [-0.2, -0.15) is 0 Å². The van der Waals surface area contributed by atoms with E-state index < -0.39 is 21.1 Å². The van der Waals surface area contributed by atoms with Crippen LogP contribution in [-0.2, 0) is 18.2 Å². The molecule has 0 spiro atoms. The van der Waals surface area contributed by atoms with Crippen molar-refractivity contribution in [1.29, 1.82) is 0 Å². The third-order valence-corrected chi connectivity index (χ3v) is 2.39.